The summed E-state index contributed by atoms with van der Waals surface area (Å²) < 4.78 is 0. The van der Waals surface area contributed by atoms with E-state index in [1.165, 1.54) is 0 Å². The Morgan fingerprint density at radius 2 is 2.15 bits per heavy atom. The van der Waals surface area contributed by atoms with Crippen LogP contribution in [0.15, 0.2) is 18.5 Å². The average Bonchev–Trinajstić information content (AvgIpc) is 3.00. The van der Waals surface area contributed by atoms with Gasteiger partial charge in [-0.1, -0.05) is 0 Å². The summed E-state index contributed by atoms with van der Waals surface area (Å²) in [6, 6.07) is 1.81. The molecular weight excluding hydrogens is 254 g/mol. The molecule has 1 aromatic heterocycles. The summed E-state index contributed by atoms with van der Waals surface area (Å²) in [6.07, 6.45) is 7.98. The first-order valence-electron chi connectivity index (χ1n) is 7.31. The van der Waals surface area contributed by atoms with E-state index in [9.17, 15) is 9.59 Å². The van der Waals surface area contributed by atoms with E-state index in [0.29, 0.717) is 6.42 Å². The fourth-order valence-electron chi connectivity index (χ4n) is 3.55. The smallest absolute Gasteiger partial charge is 0.255 e. The molecule has 1 atom stereocenters. The van der Waals surface area contributed by atoms with Crippen LogP contribution in [0.3, 0.4) is 0 Å². The lowest BCUT2D eigenvalue weighted by Crippen LogP contribution is -2.44. The van der Waals surface area contributed by atoms with Crippen molar-refractivity contribution in [3.63, 3.8) is 0 Å². The van der Waals surface area contributed by atoms with Gasteiger partial charge < -0.3 is 14.8 Å². The summed E-state index contributed by atoms with van der Waals surface area (Å²) >= 11 is 0. The molecule has 2 aliphatic heterocycles. The van der Waals surface area contributed by atoms with E-state index in [1.807, 2.05) is 22.9 Å². The normalized spacial score (nSPS) is 27.1. The lowest BCUT2D eigenvalue weighted by Gasteiger charge is -2.35. The molecule has 0 aliphatic carbocycles. The molecule has 0 saturated carbocycles. The Kier molecular flexibility index (Phi) is 3.28. The highest BCUT2D eigenvalue weighted by Gasteiger charge is 2.43. The van der Waals surface area contributed by atoms with Crippen LogP contribution in [0.5, 0.6) is 0 Å². The van der Waals surface area contributed by atoms with E-state index in [-0.39, 0.29) is 17.4 Å². The van der Waals surface area contributed by atoms with Crippen LogP contribution in [0.1, 0.15) is 42.5 Å². The van der Waals surface area contributed by atoms with Crippen LogP contribution >= 0.6 is 0 Å². The molecule has 0 radical (unpaired) electrons. The van der Waals surface area contributed by atoms with Crippen LogP contribution in [0.25, 0.3) is 0 Å². The van der Waals surface area contributed by atoms with Gasteiger partial charge in [-0.15, -0.1) is 0 Å². The molecule has 2 aliphatic rings. The van der Waals surface area contributed by atoms with Crippen molar-refractivity contribution in [3.8, 4) is 0 Å². The molecule has 1 N–H and O–H groups in total. The number of rotatable bonds is 1. The van der Waals surface area contributed by atoms with Crippen LogP contribution in [0, 0.1) is 0 Å². The third-order valence-corrected chi connectivity index (χ3v) is 4.94. The first-order valence-corrected chi connectivity index (χ1v) is 7.31. The predicted molar refractivity (Wildman–Crippen MR) is 75.3 cm³/mol. The SMILES string of the molecule is CN1C(=O)CCC12CCCN(C(=O)c1cc[nH]c1)CC2. The maximum absolute atomic E-state index is 12.4. The van der Waals surface area contributed by atoms with Gasteiger partial charge in [0.1, 0.15) is 0 Å². The summed E-state index contributed by atoms with van der Waals surface area (Å²) in [4.78, 5) is 31.0. The fourth-order valence-corrected chi connectivity index (χ4v) is 3.55. The maximum Gasteiger partial charge on any atom is 0.255 e. The van der Waals surface area contributed by atoms with E-state index < -0.39 is 0 Å². The van der Waals surface area contributed by atoms with Crippen molar-refractivity contribution in [3.05, 3.63) is 24.0 Å². The molecular formula is C15H21N3O2. The van der Waals surface area contributed by atoms with Gasteiger partial charge >= 0.3 is 0 Å². The minimum absolute atomic E-state index is 0.00966. The van der Waals surface area contributed by atoms with E-state index in [4.69, 9.17) is 0 Å². The molecule has 1 spiro atoms. The van der Waals surface area contributed by atoms with Crippen molar-refractivity contribution in [2.45, 2.75) is 37.6 Å². The van der Waals surface area contributed by atoms with Crippen molar-refractivity contribution in [1.82, 2.24) is 14.8 Å². The standard InChI is InChI=1S/C15H21N3O2/c1-17-13(19)3-6-15(17)5-2-9-18(10-7-15)14(20)12-4-8-16-11-12/h4,8,11,16H,2-3,5-7,9-10H2,1H3. The topological polar surface area (TPSA) is 56.4 Å². The largest absolute Gasteiger partial charge is 0.367 e. The van der Waals surface area contributed by atoms with Gasteiger partial charge in [0.05, 0.1) is 5.56 Å². The number of H-pyrrole nitrogens is 1. The molecule has 0 aromatic carbocycles. The monoisotopic (exact) mass is 275 g/mol. The maximum atomic E-state index is 12.4. The number of aromatic nitrogens is 1. The Morgan fingerprint density at radius 1 is 1.30 bits per heavy atom. The van der Waals surface area contributed by atoms with E-state index >= 15 is 0 Å². The van der Waals surface area contributed by atoms with Crippen LogP contribution in [0.4, 0.5) is 0 Å². The first-order chi connectivity index (χ1) is 9.62. The number of likely N-dealkylation sites (tertiary alicyclic amines) is 2. The number of carbonyl (C=O) groups is 2. The van der Waals surface area contributed by atoms with Crippen LogP contribution in [-0.2, 0) is 4.79 Å². The van der Waals surface area contributed by atoms with E-state index in [0.717, 1.165) is 44.3 Å². The number of hydrogen-bond acceptors (Lipinski definition) is 2. The highest BCUT2D eigenvalue weighted by molar-refractivity contribution is 5.94. The molecule has 1 unspecified atom stereocenters. The molecule has 3 rings (SSSR count). The molecule has 0 bridgehead atoms. The zero-order chi connectivity index (χ0) is 14.2. The Hall–Kier alpha value is -1.78. The zero-order valence-electron chi connectivity index (χ0n) is 11.9. The average molecular weight is 275 g/mol. The number of hydrogen-bond donors (Lipinski definition) is 1. The second-order valence-corrected chi connectivity index (χ2v) is 5.92. The number of carbonyl (C=O) groups excluding carboxylic acids is 2. The summed E-state index contributed by atoms with van der Waals surface area (Å²) in [5.74, 6) is 0.339. The number of amides is 2. The van der Waals surface area contributed by atoms with Crippen molar-refractivity contribution in [2.75, 3.05) is 20.1 Å². The molecule has 5 nitrogen and oxygen atoms in total. The minimum atomic E-state index is -0.00966. The lowest BCUT2D eigenvalue weighted by molar-refractivity contribution is -0.129. The summed E-state index contributed by atoms with van der Waals surface area (Å²) in [6.45, 7) is 1.52. The van der Waals surface area contributed by atoms with Crippen molar-refractivity contribution in [2.24, 2.45) is 0 Å². The van der Waals surface area contributed by atoms with Gasteiger partial charge in [0.15, 0.2) is 0 Å². The summed E-state index contributed by atoms with van der Waals surface area (Å²) in [5.41, 5.74) is 0.710. The third-order valence-electron chi connectivity index (χ3n) is 4.94. The second kappa shape index (κ2) is 4.96. The quantitative estimate of drug-likeness (QED) is 0.847. The fraction of sp³-hybridized carbons (Fsp3) is 0.600. The molecule has 108 valence electrons. The van der Waals surface area contributed by atoms with Crippen LogP contribution in [0.2, 0.25) is 0 Å². The van der Waals surface area contributed by atoms with Gasteiger partial charge in [-0.3, -0.25) is 9.59 Å². The Morgan fingerprint density at radius 3 is 2.80 bits per heavy atom. The summed E-state index contributed by atoms with van der Waals surface area (Å²) in [7, 11) is 1.92. The lowest BCUT2D eigenvalue weighted by atomic mass is 9.88. The molecule has 2 saturated heterocycles. The Labute approximate surface area is 118 Å². The highest BCUT2D eigenvalue weighted by atomic mass is 16.2. The van der Waals surface area contributed by atoms with Gasteiger partial charge in [-0.2, -0.15) is 0 Å². The van der Waals surface area contributed by atoms with Gasteiger partial charge in [-0.25, -0.2) is 0 Å². The molecule has 20 heavy (non-hydrogen) atoms. The minimum Gasteiger partial charge on any atom is -0.367 e. The molecule has 3 heterocycles. The summed E-state index contributed by atoms with van der Waals surface area (Å²) in [5, 5.41) is 0. The van der Waals surface area contributed by atoms with Crippen molar-refractivity contribution in [1.29, 1.82) is 0 Å². The number of aromatic amines is 1. The Balaban J connectivity index is 1.71. The number of nitrogens with one attached hydrogen (secondary N) is 1. The highest BCUT2D eigenvalue weighted by Crippen LogP contribution is 2.38. The zero-order valence-corrected chi connectivity index (χ0v) is 11.9. The van der Waals surface area contributed by atoms with E-state index in [1.54, 1.807) is 12.4 Å². The second-order valence-electron chi connectivity index (χ2n) is 5.92. The number of nitrogens with zero attached hydrogens (tertiary/aromatic N) is 2. The van der Waals surface area contributed by atoms with Crippen molar-refractivity contribution >= 4 is 11.8 Å². The van der Waals surface area contributed by atoms with E-state index in [2.05, 4.69) is 4.98 Å². The van der Waals surface area contributed by atoms with Crippen LogP contribution < -0.4 is 0 Å². The van der Waals surface area contributed by atoms with Gasteiger partial charge in [0.25, 0.3) is 5.91 Å². The molecule has 2 amide bonds. The third kappa shape index (κ3) is 2.11. The predicted octanol–water partition coefficient (Wildman–Crippen LogP) is 1.63. The van der Waals surface area contributed by atoms with Gasteiger partial charge in [0.2, 0.25) is 5.91 Å². The van der Waals surface area contributed by atoms with Crippen LogP contribution in [-0.4, -0.2) is 52.3 Å². The Bertz CT molecular complexity index is 511. The van der Waals surface area contributed by atoms with Crippen molar-refractivity contribution < 1.29 is 9.59 Å². The first kappa shape index (κ1) is 13.2. The molecule has 2 fully saturated rings. The van der Waals surface area contributed by atoms with Gasteiger partial charge in [0, 0.05) is 44.5 Å². The van der Waals surface area contributed by atoms with Gasteiger partial charge in [-0.05, 0) is 31.7 Å². The molecule has 1 aromatic rings. The molecule has 5 heteroatoms.